The molecule has 0 spiro atoms. The fourth-order valence-corrected chi connectivity index (χ4v) is 4.55. The number of carbonyl (C=O) groups is 2. The van der Waals surface area contributed by atoms with E-state index >= 15 is 0 Å². The second-order valence-corrected chi connectivity index (χ2v) is 8.68. The molecule has 0 saturated heterocycles. The molecule has 0 unspecified atom stereocenters. The van der Waals surface area contributed by atoms with Crippen molar-refractivity contribution in [3.8, 4) is 5.75 Å². The zero-order valence-electron chi connectivity index (χ0n) is 18.0. The zero-order valence-corrected chi connectivity index (χ0v) is 19.5. The van der Waals surface area contributed by atoms with Gasteiger partial charge in [0.1, 0.15) is 16.4 Å². The molecule has 0 saturated carbocycles. The molecule has 0 atom stereocenters. The molecular weight excluding hydrogens is 477 g/mol. The van der Waals surface area contributed by atoms with Gasteiger partial charge in [-0.15, -0.1) is 11.3 Å². The Morgan fingerprint density at radius 3 is 2.65 bits per heavy atom. The van der Waals surface area contributed by atoms with Gasteiger partial charge in [-0.3, -0.25) is 9.59 Å². The predicted octanol–water partition coefficient (Wildman–Crippen LogP) is 5.87. The van der Waals surface area contributed by atoms with E-state index in [9.17, 15) is 14.0 Å². The first-order chi connectivity index (χ1) is 16.4. The Morgan fingerprint density at radius 1 is 1.06 bits per heavy atom. The summed E-state index contributed by atoms with van der Waals surface area (Å²) < 4.78 is 19.5. The molecule has 1 aromatic heterocycles. The van der Waals surface area contributed by atoms with Gasteiger partial charge in [0.25, 0.3) is 11.8 Å². The van der Waals surface area contributed by atoms with Crippen molar-refractivity contribution < 1.29 is 18.7 Å². The maximum Gasteiger partial charge on any atom is 0.283 e. The lowest BCUT2D eigenvalue weighted by Crippen LogP contribution is -2.20. The second-order valence-electron chi connectivity index (χ2n) is 7.25. The van der Waals surface area contributed by atoms with E-state index in [0.717, 1.165) is 11.3 Å². The van der Waals surface area contributed by atoms with E-state index in [-0.39, 0.29) is 22.4 Å². The Bertz CT molecular complexity index is 1390. The monoisotopic (exact) mass is 495 g/mol. The van der Waals surface area contributed by atoms with Crippen LogP contribution in [0.2, 0.25) is 5.02 Å². The summed E-state index contributed by atoms with van der Waals surface area (Å²) in [7, 11) is 0. The molecule has 9 heteroatoms. The number of hydrogen-bond donors (Lipinski definition) is 2. The number of nitrogens with one attached hydrogen (secondary N) is 2. The van der Waals surface area contributed by atoms with Gasteiger partial charge in [0, 0.05) is 15.8 Å². The van der Waals surface area contributed by atoms with Crippen LogP contribution >= 0.6 is 22.9 Å². The third-order valence-corrected chi connectivity index (χ3v) is 6.46. The third kappa shape index (κ3) is 5.59. The number of rotatable bonds is 7. The van der Waals surface area contributed by atoms with E-state index in [0.29, 0.717) is 32.8 Å². The van der Waals surface area contributed by atoms with Gasteiger partial charge in [0.15, 0.2) is 6.61 Å². The van der Waals surface area contributed by atoms with E-state index < -0.39 is 11.7 Å². The van der Waals surface area contributed by atoms with E-state index in [1.165, 1.54) is 12.1 Å². The van der Waals surface area contributed by atoms with Crippen LogP contribution in [0.15, 0.2) is 77.9 Å². The third-order valence-electron chi connectivity index (χ3n) is 4.80. The van der Waals surface area contributed by atoms with Gasteiger partial charge in [-0.25, -0.2) is 9.82 Å². The highest BCUT2D eigenvalue weighted by molar-refractivity contribution is 7.21. The lowest BCUT2D eigenvalue weighted by atomic mass is 10.1. The van der Waals surface area contributed by atoms with Crippen molar-refractivity contribution in [2.24, 2.45) is 5.10 Å². The Kier molecular flexibility index (Phi) is 7.20. The Balaban J connectivity index is 1.40. The molecule has 1 heterocycles. The van der Waals surface area contributed by atoms with Crippen LogP contribution in [0.3, 0.4) is 0 Å². The quantitative estimate of drug-likeness (QED) is 0.249. The van der Waals surface area contributed by atoms with Crippen LogP contribution in [-0.2, 0) is 4.79 Å². The Morgan fingerprint density at radius 2 is 1.85 bits per heavy atom. The molecule has 0 aliphatic carbocycles. The first-order valence-corrected chi connectivity index (χ1v) is 11.4. The lowest BCUT2D eigenvalue weighted by molar-refractivity contribution is -0.118. The van der Waals surface area contributed by atoms with E-state index in [1.54, 1.807) is 49.4 Å². The molecule has 0 radical (unpaired) electrons. The summed E-state index contributed by atoms with van der Waals surface area (Å²) in [4.78, 5) is 25.1. The number of para-hydroxylation sites is 1. The number of hydrazone groups is 1. The van der Waals surface area contributed by atoms with Gasteiger partial charge in [-0.2, -0.15) is 5.10 Å². The standard InChI is InChI=1S/C25H19ClFN3O3S/c1-15(29-30-25(32)24-23(26)20-11-10-17(27)13-21(20)34-24)16-6-5-7-18(12-16)28-22(31)14-33-19-8-3-2-4-9-19/h2-13H,14H2,1H3,(H,28,31)(H,30,32). The highest BCUT2D eigenvalue weighted by Gasteiger charge is 2.17. The molecule has 0 aliphatic rings. The first kappa shape index (κ1) is 23.4. The van der Waals surface area contributed by atoms with Crippen LogP contribution in [0, 0.1) is 5.82 Å². The molecule has 6 nitrogen and oxygen atoms in total. The van der Waals surface area contributed by atoms with Crippen LogP contribution in [0.5, 0.6) is 5.75 Å². The molecule has 2 N–H and O–H groups in total. The van der Waals surface area contributed by atoms with Gasteiger partial charge in [-0.05, 0) is 55.0 Å². The molecule has 4 rings (SSSR count). The number of amides is 2. The molecule has 34 heavy (non-hydrogen) atoms. The van der Waals surface area contributed by atoms with Gasteiger partial charge >= 0.3 is 0 Å². The normalized spacial score (nSPS) is 11.3. The van der Waals surface area contributed by atoms with Crippen LogP contribution in [-0.4, -0.2) is 24.1 Å². The van der Waals surface area contributed by atoms with Gasteiger partial charge in [0.05, 0.1) is 10.7 Å². The van der Waals surface area contributed by atoms with Crippen LogP contribution in [0.25, 0.3) is 10.1 Å². The number of carbonyl (C=O) groups excluding carboxylic acids is 2. The number of thiophene rings is 1. The lowest BCUT2D eigenvalue weighted by Gasteiger charge is -2.09. The topological polar surface area (TPSA) is 79.8 Å². The number of ether oxygens (including phenoxy) is 1. The Labute approximate surface area is 204 Å². The van der Waals surface area contributed by atoms with E-state index in [1.807, 2.05) is 18.2 Å². The summed E-state index contributed by atoms with van der Waals surface area (Å²) in [5, 5.41) is 7.79. The molecular formula is C25H19ClFN3O3S. The molecule has 0 fully saturated rings. The molecule has 4 aromatic rings. The molecule has 172 valence electrons. The minimum absolute atomic E-state index is 0.128. The largest absolute Gasteiger partial charge is 0.484 e. The number of fused-ring (bicyclic) bond motifs is 1. The summed E-state index contributed by atoms with van der Waals surface area (Å²) in [5.41, 5.74) is 4.27. The van der Waals surface area contributed by atoms with Gasteiger partial charge < -0.3 is 10.1 Å². The summed E-state index contributed by atoms with van der Waals surface area (Å²) in [6.07, 6.45) is 0. The average Bonchev–Trinajstić information content (AvgIpc) is 3.17. The highest BCUT2D eigenvalue weighted by Crippen LogP contribution is 2.35. The van der Waals surface area contributed by atoms with Crippen LogP contribution in [0.4, 0.5) is 10.1 Å². The van der Waals surface area contributed by atoms with Crippen molar-refractivity contribution in [1.29, 1.82) is 0 Å². The number of hydrogen-bond acceptors (Lipinski definition) is 5. The molecule has 0 aliphatic heterocycles. The fourth-order valence-electron chi connectivity index (χ4n) is 3.12. The van der Waals surface area contributed by atoms with Crippen LogP contribution < -0.4 is 15.5 Å². The van der Waals surface area contributed by atoms with Crippen molar-refractivity contribution in [3.63, 3.8) is 0 Å². The van der Waals surface area contributed by atoms with E-state index in [4.69, 9.17) is 16.3 Å². The van der Waals surface area contributed by atoms with Crippen molar-refractivity contribution in [2.45, 2.75) is 6.92 Å². The molecule has 0 bridgehead atoms. The number of nitrogens with zero attached hydrogens (tertiary/aromatic N) is 1. The zero-order chi connectivity index (χ0) is 24.1. The van der Waals surface area contributed by atoms with Crippen molar-refractivity contribution in [2.75, 3.05) is 11.9 Å². The SMILES string of the molecule is CC(=NNC(=O)c1sc2cc(F)ccc2c1Cl)c1cccc(NC(=O)COc2ccccc2)c1. The highest BCUT2D eigenvalue weighted by atomic mass is 35.5. The smallest absolute Gasteiger partial charge is 0.283 e. The van der Waals surface area contributed by atoms with Gasteiger partial charge in [0.2, 0.25) is 0 Å². The number of benzene rings is 3. The summed E-state index contributed by atoms with van der Waals surface area (Å²) >= 11 is 7.39. The van der Waals surface area contributed by atoms with E-state index in [2.05, 4.69) is 15.8 Å². The maximum absolute atomic E-state index is 13.5. The first-order valence-electron chi connectivity index (χ1n) is 10.2. The summed E-state index contributed by atoms with van der Waals surface area (Å²) in [5.74, 6) is -0.591. The Hall–Kier alpha value is -3.75. The molecule has 2 amide bonds. The number of anilines is 1. The van der Waals surface area contributed by atoms with Gasteiger partial charge in [-0.1, -0.05) is 41.9 Å². The average molecular weight is 496 g/mol. The summed E-state index contributed by atoms with van der Waals surface area (Å²) in [6, 6.07) is 20.3. The minimum Gasteiger partial charge on any atom is -0.484 e. The number of halogens is 2. The summed E-state index contributed by atoms with van der Waals surface area (Å²) in [6.45, 7) is 1.60. The minimum atomic E-state index is -0.492. The maximum atomic E-state index is 13.5. The van der Waals surface area contributed by atoms with Crippen molar-refractivity contribution in [3.05, 3.63) is 94.1 Å². The van der Waals surface area contributed by atoms with Crippen LogP contribution in [0.1, 0.15) is 22.2 Å². The second kappa shape index (κ2) is 10.5. The van der Waals surface area contributed by atoms with Crippen molar-refractivity contribution >= 4 is 56.2 Å². The van der Waals surface area contributed by atoms with Crippen molar-refractivity contribution in [1.82, 2.24) is 5.43 Å². The fraction of sp³-hybridized carbons (Fsp3) is 0.0800. The predicted molar refractivity (Wildman–Crippen MR) is 133 cm³/mol. The molecule has 3 aromatic carbocycles.